The van der Waals surface area contributed by atoms with Crippen LogP contribution in [0.3, 0.4) is 0 Å². The Morgan fingerprint density at radius 2 is 1.81 bits per heavy atom. The highest BCUT2D eigenvalue weighted by atomic mass is 16.7. The van der Waals surface area contributed by atoms with E-state index >= 15 is 0 Å². The lowest BCUT2D eigenvalue weighted by Crippen LogP contribution is -2.67. The summed E-state index contributed by atoms with van der Waals surface area (Å²) >= 11 is 0. The van der Waals surface area contributed by atoms with Crippen LogP contribution in [0, 0.1) is 0 Å². The van der Waals surface area contributed by atoms with E-state index in [0.29, 0.717) is 0 Å². The summed E-state index contributed by atoms with van der Waals surface area (Å²) in [4.78, 5) is 11.0. The first-order chi connectivity index (χ1) is 6.84. The van der Waals surface area contributed by atoms with E-state index in [0.717, 1.165) is 6.92 Å². The van der Waals surface area contributed by atoms with Crippen LogP contribution in [0.25, 0.3) is 0 Å². The van der Waals surface area contributed by atoms with Crippen LogP contribution in [0.1, 0.15) is 6.92 Å². The molecule has 1 heterocycles. The first-order valence-corrected chi connectivity index (χ1v) is 4.41. The molecule has 1 rings (SSSR count). The van der Waals surface area contributed by atoms with E-state index < -0.39 is 42.6 Å². The molecule has 0 radical (unpaired) electrons. The normalized spacial score (nSPS) is 43.6. The molecule has 0 spiro atoms. The van der Waals surface area contributed by atoms with Gasteiger partial charge in [0, 0.05) is 6.92 Å². The Labute approximate surface area is 91.0 Å². The Balaban J connectivity index is 0.00000225. The molecule has 8 nitrogen and oxygen atoms in total. The number of ketones is 1. The van der Waals surface area contributed by atoms with E-state index in [2.05, 4.69) is 4.74 Å². The van der Waals surface area contributed by atoms with Crippen LogP contribution < -0.4 is 0 Å². The molecule has 1 aliphatic rings. The van der Waals surface area contributed by atoms with Crippen LogP contribution in [0.5, 0.6) is 0 Å². The summed E-state index contributed by atoms with van der Waals surface area (Å²) in [6.45, 7) is 0.266. The third kappa shape index (κ3) is 2.23. The van der Waals surface area contributed by atoms with E-state index in [1.54, 1.807) is 0 Å². The van der Waals surface area contributed by atoms with Gasteiger partial charge < -0.3 is 35.7 Å². The summed E-state index contributed by atoms with van der Waals surface area (Å²) in [5.74, 6) is -3.51. The van der Waals surface area contributed by atoms with Gasteiger partial charge in [0.1, 0.15) is 24.4 Å². The zero-order valence-electron chi connectivity index (χ0n) is 8.57. The molecule has 0 saturated carbocycles. The highest BCUT2D eigenvalue weighted by Crippen LogP contribution is 2.28. The van der Waals surface area contributed by atoms with Crippen molar-refractivity contribution in [3.05, 3.63) is 0 Å². The second-order valence-corrected chi connectivity index (χ2v) is 3.52. The molecule has 1 saturated heterocycles. The minimum atomic E-state index is -2.59. The molecule has 1 fully saturated rings. The van der Waals surface area contributed by atoms with Crippen molar-refractivity contribution in [3.8, 4) is 0 Å². The van der Waals surface area contributed by atoms with Crippen LogP contribution >= 0.6 is 0 Å². The monoisotopic (exact) mass is 240 g/mol. The molecule has 1 aliphatic heterocycles. The maximum Gasteiger partial charge on any atom is 0.256 e. The first kappa shape index (κ1) is 15.4. The highest BCUT2D eigenvalue weighted by molar-refractivity contribution is 5.84. The number of aliphatic hydroxyl groups is 5. The summed E-state index contributed by atoms with van der Waals surface area (Å²) < 4.78 is 4.68. The maximum absolute atomic E-state index is 11.0. The minimum Gasteiger partial charge on any atom is -0.412 e. The van der Waals surface area contributed by atoms with Gasteiger partial charge in [0.25, 0.3) is 5.79 Å². The fourth-order valence-corrected chi connectivity index (χ4v) is 1.44. The van der Waals surface area contributed by atoms with Gasteiger partial charge in [-0.2, -0.15) is 0 Å². The Bertz CT molecular complexity index is 254. The Hall–Kier alpha value is -0.610. The standard InChI is InChI=1S/C8H14O7.H2O/c1-3(10)8(14)7(13)6(12)5(11)4(2-9)15-8;/h4-7,9,11-14H,2H2,1H3;1H2/t4-,5-,6+,7+,8+;/m1./s1. The van der Waals surface area contributed by atoms with Gasteiger partial charge in [-0.1, -0.05) is 0 Å². The van der Waals surface area contributed by atoms with Crippen molar-refractivity contribution in [2.75, 3.05) is 6.61 Å². The van der Waals surface area contributed by atoms with Gasteiger partial charge in [-0.25, -0.2) is 0 Å². The number of rotatable bonds is 2. The molecule has 0 aromatic carbocycles. The molecule has 96 valence electrons. The van der Waals surface area contributed by atoms with Gasteiger partial charge in [0.15, 0.2) is 5.78 Å². The van der Waals surface area contributed by atoms with Gasteiger partial charge in [-0.3, -0.25) is 4.79 Å². The van der Waals surface area contributed by atoms with E-state index in [4.69, 9.17) is 5.11 Å². The summed E-state index contributed by atoms with van der Waals surface area (Å²) in [5, 5.41) is 46.4. The molecule has 0 amide bonds. The number of ether oxygens (including phenoxy) is 1. The zero-order chi connectivity index (χ0) is 11.8. The van der Waals surface area contributed by atoms with Crippen molar-refractivity contribution in [2.45, 2.75) is 37.1 Å². The predicted octanol–water partition coefficient (Wildman–Crippen LogP) is -4.09. The Morgan fingerprint density at radius 3 is 2.19 bits per heavy atom. The Morgan fingerprint density at radius 1 is 1.31 bits per heavy atom. The lowest BCUT2D eigenvalue weighted by Gasteiger charge is -2.43. The number of Topliss-reactive ketones (excluding diaryl/α,β-unsaturated/α-hetero) is 1. The maximum atomic E-state index is 11.0. The third-order valence-electron chi connectivity index (χ3n) is 2.47. The molecule has 5 atom stereocenters. The Kier molecular flexibility index (Phi) is 4.95. The molecule has 0 aliphatic carbocycles. The second-order valence-electron chi connectivity index (χ2n) is 3.52. The van der Waals surface area contributed by atoms with Crippen LogP contribution in [-0.4, -0.2) is 73.6 Å². The number of carbonyl (C=O) groups excluding carboxylic acids is 1. The summed E-state index contributed by atoms with van der Waals surface area (Å²) in [6.07, 6.45) is -6.60. The van der Waals surface area contributed by atoms with Crippen molar-refractivity contribution < 1.29 is 40.5 Å². The lowest BCUT2D eigenvalue weighted by atomic mass is 9.90. The minimum absolute atomic E-state index is 0. The summed E-state index contributed by atoms with van der Waals surface area (Å²) in [6, 6.07) is 0. The SMILES string of the molecule is CC(=O)[C@]1(O)O[C@H](CO)[C@@H](O)[C@H](O)[C@@H]1O.O. The van der Waals surface area contributed by atoms with Crippen LogP contribution in [0.15, 0.2) is 0 Å². The average Bonchev–Trinajstić information content (AvgIpc) is 2.20. The largest absolute Gasteiger partial charge is 0.412 e. The molecule has 7 N–H and O–H groups in total. The molecule has 0 aromatic rings. The van der Waals surface area contributed by atoms with Gasteiger partial charge in [0.2, 0.25) is 0 Å². The fourth-order valence-electron chi connectivity index (χ4n) is 1.44. The number of carbonyl (C=O) groups is 1. The van der Waals surface area contributed by atoms with Gasteiger partial charge >= 0.3 is 0 Å². The zero-order valence-corrected chi connectivity index (χ0v) is 8.57. The molecule has 0 unspecified atom stereocenters. The summed E-state index contributed by atoms with van der Waals surface area (Å²) in [7, 11) is 0. The quantitative estimate of drug-likeness (QED) is 0.328. The topological polar surface area (TPSA) is 159 Å². The van der Waals surface area contributed by atoms with Crippen LogP contribution in [-0.2, 0) is 9.53 Å². The molecule has 16 heavy (non-hydrogen) atoms. The van der Waals surface area contributed by atoms with Crippen molar-refractivity contribution in [1.29, 1.82) is 0 Å². The van der Waals surface area contributed by atoms with E-state index in [-0.39, 0.29) is 5.48 Å². The van der Waals surface area contributed by atoms with Crippen LogP contribution in [0.4, 0.5) is 0 Å². The molecular weight excluding hydrogens is 224 g/mol. The highest BCUT2D eigenvalue weighted by Gasteiger charge is 2.55. The summed E-state index contributed by atoms with van der Waals surface area (Å²) in [5.41, 5.74) is 0. The molecular formula is C8H16O8. The lowest BCUT2D eigenvalue weighted by molar-refractivity contribution is -0.330. The van der Waals surface area contributed by atoms with E-state index in [1.165, 1.54) is 0 Å². The van der Waals surface area contributed by atoms with E-state index in [9.17, 15) is 25.2 Å². The molecule has 0 bridgehead atoms. The smallest absolute Gasteiger partial charge is 0.256 e. The number of hydrogen-bond acceptors (Lipinski definition) is 7. The number of hydrogen-bond donors (Lipinski definition) is 5. The second kappa shape index (κ2) is 5.15. The van der Waals surface area contributed by atoms with Gasteiger partial charge in [-0.15, -0.1) is 0 Å². The fraction of sp³-hybridized carbons (Fsp3) is 0.875. The van der Waals surface area contributed by atoms with Crippen LogP contribution in [0.2, 0.25) is 0 Å². The molecule has 8 heteroatoms. The first-order valence-electron chi connectivity index (χ1n) is 4.41. The third-order valence-corrected chi connectivity index (χ3v) is 2.47. The van der Waals surface area contributed by atoms with Crippen molar-refractivity contribution in [1.82, 2.24) is 0 Å². The van der Waals surface area contributed by atoms with Crippen molar-refractivity contribution >= 4 is 5.78 Å². The van der Waals surface area contributed by atoms with Gasteiger partial charge in [0.05, 0.1) is 6.61 Å². The average molecular weight is 240 g/mol. The molecule has 0 aromatic heterocycles. The van der Waals surface area contributed by atoms with Crippen molar-refractivity contribution in [3.63, 3.8) is 0 Å². The van der Waals surface area contributed by atoms with E-state index in [1.807, 2.05) is 0 Å². The number of aliphatic hydroxyl groups excluding tert-OH is 4. The van der Waals surface area contributed by atoms with Crippen molar-refractivity contribution in [2.24, 2.45) is 0 Å². The predicted molar refractivity (Wildman–Crippen MR) is 49.2 cm³/mol. The van der Waals surface area contributed by atoms with Gasteiger partial charge in [-0.05, 0) is 0 Å².